The molecule has 3 unspecified atom stereocenters. The normalized spacial score (nSPS) is 31.8. The monoisotopic (exact) mass is 292 g/mol. The molecule has 2 saturated heterocycles. The Morgan fingerprint density at radius 1 is 1.20 bits per heavy atom. The van der Waals surface area contributed by atoms with Crippen molar-refractivity contribution in [3.05, 3.63) is 0 Å². The molecule has 3 atom stereocenters. The lowest BCUT2D eigenvalue weighted by Crippen LogP contribution is -2.50. The lowest BCUT2D eigenvalue weighted by molar-refractivity contribution is -0.136. The van der Waals surface area contributed by atoms with Crippen molar-refractivity contribution in [3.8, 4) is 0 Å². The zero-order chi connectivity index (χ0) is 14.8. The van der Waals surface area contributed by atoms with Gasteiger partial charge in [0.25, 0.3) is 0 Å². The molecule has 2 rings (SSSR count). The molecule has 0 spiro atoms. The summed E-state index contributed by atoms with van der Waals surface area (Å²) in [6.45, 7) is 5.16. The fourth-order valence-electron chi connectivity index (χ4n) is 3.99. The van der Waals surface area contributed by atoms with Crippen LogP contribution in [0.25, 0.3) is 0 Å². The predicted molar refractivity (Wildman–Crippen MR) is 74.7 cm³/mol. The van der Waals surface area contributed by atoms with Crippen LogP contribution >= 0.6 is 0 Å². The summed E-state index contributed by atoms with van der Waals surface area (Å²) in [5, 5.41) is 3.63. The van der Waals surface area contributed by atoms with E-state index in [1.54, 1.807) is 0 Å². The Morgan fingerprint density at radius 3 is 2.30 bits per heavy atom. The third kappa shape index (κ3) is 4.35. The van der Waals surface area contributed by atoms with Crippen LogP contribution < -0.4 is 5.32 Å². The standard InChI is InChI=1S/C15H27F3N2/c1-3-20(11(2)5-4-8-15(16,17)18)14-9-12-6-7-13(10-14)19-12/h11-14,19H,3-10H2,1-2H3. The van der Waals surface area contributed by atoms with Crippen LogP contribution in [-0.4, -0.2) is 41.8 Å². The molecule has 0 aromatic rings. The van der Waals surface area contributed by atoms with Crippen molar-refractivity contribution in [2.45, 2.75) is 89.1 Å². The number of halogens is 3. The van der Waals surface area contributed by atoms with Crippen molar-refractivity contribution in [3.63, 3.8) is 0 Å². The molecule has 2 aliphatic rings. The Morgan fingerprint density at radius 2 is 1.80 bits per heavy atom. The first kappa shape index (κ1) is 16.1. The van der Waals surface area contributed by atoms with Gasteiger partial charge in [-0.15, -0.1) is 0 Å². The quantitative estimate of drug-likeness (QED) is 0.803. The molecule has 2 nitrogen and oxygen atoms in total. The van der Waals surface area contributed by atoms with E-state index in [0.29, 0.717) is 24.5 Å². The zero-order valence-corrected chi connectivity index (χ0v) is 12.5. The number of rotatable bonds is 6. The molecule has 2 bridgehead atoms. The highest BCUT2D eigenvalue weighted by Crippen LogP contribution is 2.31. The van der Waals surface area contributed by atoms with E-state index in [1.807, 2.05) is 0 Å². The fraction of sp³-hybridized carbons (Fsp3) is 1.00. The first-order chi connectivity index (χ1) is 9.39. The summed E-state index contributed by atoms with van der Waals surface area (Å²) in [6, 6.07) is 2.08. The van der Waals surface area contributed by atoms with Gasteiger partial charge in [-0.1, -0.05) is 6.92 Å². The molecule has 1 N–H and O–H groups in total. The van der Waals surface area contributed by atoms with Crippen LogP contribution in [0.3, 0.4) is 0 Å². The van der Waals surface area contributed by atoms with Crippen LogP contribution in [0.15, 0.2) is 0 Å². The van der Waals surface area contributed by atoms with E-state index < -0.39 is 12.6 Å². The Kier molecular flexibility index (Phi) is 5.35. The number of nitrogens with zero attached hydrogens (tertiary/aromatic N) is 1. The van der Waals surface area contributed by atoms with E-state index in [2.05, 4.69) is 24.1 Å². The lowest BCUT2D eigenvalue weighted by Gasteiger charge is -2.40. The molecular weight excluding hydrogens is 265 g/mol. The number of nitrogens with one attached hydrogen (secondary N) is 1. The molecule has 118 valence electrons. The highest BCUT2D eigenvalue weighted by molar-refractivity contribution is 4.96. The zero-order valence-electron chi connectivity index (χ0n) is 12.5. The average Bonchev–Trinajstić information content (AvgIpc) is 2.68. The summed E-state index contributed by atoms with van der Waals surface area (Å²) in [6.07, 6.45) is 1.09. The first-order valence-corrected chi connectivity index (χ1v) is 7.97. The van der Waals surface area contributed by atoms with E-state index >= 15 is 0 Å². The first-order valence-electron chi connectivity index (χ1n) is 7.97. The van der Waals surface area contributed by atoms with Crippen LogP contribution in [0, 0.1) is 0 Å². The van der Waals surface area contributed by atoms with Crippen molar-refractivity contribution < 1.29 is 13.2 Å². The van der Waals surface area contributed by atoms with E-state index in [4.69, 9.17) is 0 Å². The second-order valence-electron chi connectivity index (χ2n) is 6.45. The maximum absolute atomic E-state index is 12.2. The average molecular weight is 292 g/mol. The second-order valence-corrected chi connectivity index (χ2v) is 6.45. The summed E-state index contributed by atoms with van der Waals surface area (Å²) in [7, 11) is 0. The summed E-state index contributed by atoms with van der Waals surface area (Å²) < 4.78 is 36.7. The fourth-order valence-corrected chi connectivity index (χ4v) is 3.99. The Balaban J connectivity index is 1.81. The molecule has 5 heteroatoms. The summed E-state index contributed by atoms with van der Waals surface area (Å²) in [5.74, 6) is 0. The topological polar surface area (TPSA) is 15.3 Å². The number of piperidine rings is 1. The maximum atomic E-state index is 12.2. The molecule has 0 aromatic heterocycles. The van der Waals surface area contributed by atoms with E-state index in [0.717, 1.165) is 19.4 Å². The predicted octanol–water partition coefficient (Wildman–Crippen LogP) is 3.71. The van der Waals surface area contributed by atoms with Gasteiger partial charge in [0.2, 0.25) is 0 Å². The van der Waals surface area contributed by atoms with Gasteiger partial charge in [-0.25, -0.2) is 0 Å². The molecule has 2 aliphatic heterocycles. The van der Waals surface area contributed by atoms with E-state index in [-0.39, 0.29) is 12.5 Å². The van der Waals surface area contributed by atoms with Gasteiger partial charge in [0.05, 0.1) is 0 Å². The molecule has 0 amide bonds. The van der Waals surface area contributed by atoms with E-state index in [9.17, 15) is 13.2 Å². The van der Waals surface area contributed by atoms with Gasteiger partial charge in [0.15, 0.2) is 0 Å². The molecule has 0 aliphatic carbocycles. The number of alkyl halides is 3. The number of hydrogen-bond donors (Lipinski definition) is 1. The molecule has 0 aromatic carbocycles. The molecule has 20 heavy (non-hydrogen) atoms. The molecule has 0 saturated carbocycles. The van der Waals surface area contributed by atoms with Crippen LogP contribution in [0.2, 0.25) is 0 Å². The highest BCUT2D eigenvalue weighted by Gasteiger charge is 2.37. The Hall–Kier alpha value is -0.290. The molecule has 0 radical (unpaired) electrons. The molecular formula is C15H27F3N2. The van der Waals surface area contributed by atoms with Gasteiger partial charge in [0, 0.05) is 30.6 Å². The Bertz CT molecular complexity index is 294. The number of fused-ring (bicyclic) bond motifs is 2. The lowest BCUT2D eigenvalue weighted by atomic mass is 9.96. The van der Waals surface area contributed by atoms with Gasteiger partial charge in [-0.05, 0) is 52.0 Å². The third-order valence-corrected chi connectivity index (χ3v) is 4.93. The Labute approximate surface area is 120 Å². The van der Waals surface area contributed by atoms with Crippen LogP contribution in [0.4, 0.5) is 13.2 Å². The van der Waals surface area contributed by atoms with Gasteiger partial charge in [-0.2, -0.15) is 13.2 Å². The van der Waals surface area contributed by atoms with Crippen LogP contribution in [0.5, 0.6) is 0 Å². The minimum absolute atomic E-state index is 0.249. The molecule has 2 fully saturated rings. The summed E-state index contributed by atoms with van der Waals surface area (Å²) in [5.41, 5.74) is 0. The van der Waals surface area contributed by atoms with Gasteiger partial charge in [0.1, 0.15) is 0 Å². The van der Waals surface area contributed by atoms with Crippen molar-refractivity contribution in [1.82, 2.24) is 10.2 Å². The minimum atomic E-state index is -4.01. The van der Waals surface area contributed by atoms with Gasteiger partial charge >= 0.3 is 6.18 Å². The second kappa shape index (κ2) is 6.65. The highest BCUT2D eigenvalue weighted by atomic mass is 19.4. The van der Waals surface area contributed by atoms with Gasteiger partial charge < -0.3 is 5.32 Å². The van der Waals surface area contributed by atoms with Crippen molar-refractivity contribution in [2.75, 3.05) is 6.54 Å². The summed E-state index contributed by atoms with van der Waals surface area (Å²) >= 11 is 0. The van der Waals surface area contributed by atoms with E-state index in [1.165, 1.54) is 12.8 Å². The maximum Gasteiger partial charge on any atom is 0.389 e. The largest absolute Gasteiger partial charge is 0.389 e. The third-order valence-electron chi connectivity index (χ3n) is 4.93. The van der Waals surface area contributed by atoms with Crippen LogP contribution in [0.1, 0.15) is 58.8 Å². The van der Waals surface area contributed by atoms with Crippen molar-refractivity contribution in [2.24, 2.45) is 0 Å². The van der Waals surface area contributed by atoms with Crippen molar-refractivity contribution >= 4 is 0 Å². The SMILES string of the molecule is CCN(C(C)CCCC(F)(F)F)C1CC2CCC(C1)N2. The van der Waals surface area contributed by atoms with Crippen LogP contribution in [-0.2, 0) is 0 Å². The number of hydrogen-bond acceptors (Lipinski definition) is 2. The summed E-state index contributed by atoms with van der Waals surface area (Å²) in [4.78, 5) is 2.43. The molecule has 2 heterocycles. The smallest absolute Gasteiger partial charge is 0.311 e. The van der Waals surface area contributed by atoms with Crippen molar-refractivity contribution in [1.29, 1.82) is 0 Å². The minimum Gasteiger partial charge on any atom is -0.311 e. The van der Waals surface area contributed by atoms with Gasteiger partial charge in [-0.3, -0.25) is 4.90 Å².